The Morgan fingerprint density at radius 2 is 1.79 bits per heavy atom. The fraction of sp³-hybridized carbons (Fsp3) is 0.556. The highest BCUT2D eigenvalue weighted by Gasteiger charge is 2.51. The summed E-state index contributed by atoms with van der Waals surface area (Å²) in [6, 6.07) is 7.63. The van der Waals surface area contributed by atoms with Gasteiger partial charge in [0.25, 0.3) is 0 Å². The summed E-state index contributed by atoms with van der Waals surface area (Å²) in [6.45, 7) is 8.68. The van der Waals surface area contributed by atoms with Gasteiger partial charge in [-0.2, -0.15) is 5.26 Å². The van der Waals surface area contributed by atoms with E-state index in [1.54, 1.807) is 17.0 Å². The molecule has 0 N–H and O–H groups in total. The third-order valence-electron chi connectivity index (χ3n) is 5.23. The van der Waals surface area contributed by atoms with Gasteiger partial charge in [0.1, 0.15) is 0 Å². The van der Waals surface area contributed by atoms with Crippen molar-refractivity contribution in [2.24, 2.45) is 0 Å². The van der Waals surface area contributed by atoms with Crippen LogP contribution in [0.5, 0.6) is 0 Å². The summed E-state index contributed by atoms with van der Waals surface area (Å²) in [5.74, 6) is 0.108. The SMILES string of the molecule is CC1(C)OB(c2cc(C#N)cc(N3CCCCC3=O)c2)OC1(C)C. The first-order valence-electron chi connectivity index (χ1n) is 8.45. The number of amides is 1. The van der Waals surface area contributed by atoms with Gasteiger partial charge in [-0.3, -0.25) is 4.79 Å². The second-order valence-electron chi connectivity index (χ2n) is 7.52. The van der Waals surface area contributed by atoms with Crippen molar-refractivity contribution in [3.8, 4) is 6.07 Å². The van der Waals surface area contributed by atoms with E-state index in [2.05, 4.69) is 6.07 Å². The number of carbonyl (C=O) groups is 1. The van der Waals surface area contributed by atoms with Crippen LogP contribution in [0.4, 0.5) is 5.69 Å². The molecule has 1 aromatic rings. The zero-order valence-corrected chi connectivity index (χ0v) is 14.8. The molecule has 0 radical (unpaired) electrons. The van der Waals surface area contributed by atoms with Gasteiger partial charge in [0.2, 0.25) is 5.91 Å². The first kappa shape index (κ1) is 17.0. The van der Waals surface area contributed by atoms with E-state index in [0.29, 0.717) is 18.5 Å². The Morgan fingerprint density at radius 1 is 1.12 bits per heavy atom. The summed E-state index contributed by atoms with van der Waals surface area (Å²) < 4.78 is 12.2. The van der Waals surface area contributed by atoms with Gasteiger partial charge in [0, 0.05) is 18.7 Å². The van der Waals surface area contributed by atoms with Gasteiger partial charge in [0.05, 0.1) is 22.8 Å². The van der Waals surface area contributed by atoms with Crippen LogP contribution in [0.1, 0.15) is 52.5 Å². The summed E-state index contributed by atoms with van der Waals surface area (Å²) in [4.78, 5) is 14.0. The van der Waals surface area contributed by atoms with E-state index >= 15 is 0 Å². The minimum absolute atomic E-state index is 0.108. The van der Waals surface area contributed by atoms with Gasteiger partial charge in [-0.05, 0) is 64.2 Å². The second-order valence-corrected chi connectivity index (χ2v) is 7.52. The lowest BCUT2D eigenvalue weighted by molar-refractivity contribution is -0.119. The van der Waals surface area contributed by atoms with Gasteiger partial charge >= 0.3 is 7.12 Å². The van der Waals surface area contributed by atoms with E-state index in [0.717, 1.165) is 24.0 Å². The van der Waals surface area contributed by atoms with E-state index in [1.165, 1.54) is 0 Å². The van der Waals surface area contributed by atoms with Crippen molar-refractivity contribution in [2.45, 2.75) is 58.2 Å². The molecule has 0 unspecified atom stereocenters. The standard InChI is InChI=1S/C18H23BN2O3/c1-17(2)18(3,4)24-19(23-17)14-9-13(12-20)10-15(11-14)21-8-6-5-7-16(21)22/h9-11H,5-8H2,1-4H3. The number of benzene rings is 1. The van der Waals surface area contributed by atoms with Crippen LogP contribution in [0.25, 0.3) is 0 Å². The van der Waals surface area contributed by atoms with Crippen molar-refractivity contribution < 1.29 is 14.1 Å². The highest BCUT2D eigenvalue weighted by Crippen LogP contribution is 2.36. The van der Waals surface area contributed by atoms with E-state index in [-0.39, 0.29) is 5.91 Å². The van der Waals surface area contributed by atoms with Crippen LogP contribution >= 0.6 is 0 Å². The maximum atomic E-state index is 12.2. The molecule has 126 valence electrons. The van der Waals surface area contributed by atoms with Crippen LogP contribution in [0.2, 0.25) is 0 Å². The molecule has 1 amide bonds. The van der Waals surface area contributed by atoms with Gasteiger partial charge < -0.3 is 14.2 Å². The molecule has 0 bridgehead atoms. The number of carbonyl (C=O) groups excluding carboxylic acids is 1. The number of hydrogen-bond acceptors (Lipinski definition) is 4. The van der Waals surface area contributed by atoms with E-state index in [9.17, 15) is 10.1 Å². The molecule has 0 saturated carbocycles. The molecule has 0 aromatic heterocycles. The lowest BCUT2D eigenvalue weighted by Gasteiger charge is -2.32. The predicted octanol–water partition coefficient (Wildman–Crippen LogP) is 2.37. The molecule has 24 heavy (non-hydrogen) atoms. The molecule has 6 heteroatoms. The molecule has 2 aliphatic rings. The van der Waals surface area contributed by atoms with Crippen molar-refractivity contribution >= 4 is 24.2 Å². The molecule has 3 rings (SSSR count). The third kappa shape index (κ3) is 2.94. The van der Waals surface area contributed by atoms with Crippen LogP contribution in [-0.2, 0) is 14.1 Å². The lowest BCUT2D eigenvalue weighted by Crippen LogP contribution is -2.41. The molecule has 0 aliphatic carbocycles. The van der Waals surface area contributed by atoms with Crippen molar-refractivity contribution in [1.82, 2.24) is 0 Å². The molecule has 2 heterocycles. The van der Waals surface area contributed by atoms with Crippen LogP contribution in [0, 0.1) is 11.3 Å². The van der Waals surface area contributed by atoms with Gasteiger partial charge in [0.15, 0.2) is 0 Å². The largest absolute Gasteiger partial charge is 0.494 e. The summed E-state index contributed by atoms with van der Waals surface area (Å²) in [7, 11) is -0.540. The van der Waals surface area contributed by atoms with Crippen molar-refractivity contribution in [3.05, 3.63) is 23.8 Å². The molecule has 0 atom stereocenters. The Morgan fingerprint density at radius 3 is 2.38 bits per heavy atom. The Hall–Kier alpha value is -1.84. The summed E-state index contributed by atoms with van der Waals surface area (Å²) in [6.07, 6.45) is 2.47. The molecule has 0 spiro atoms. The Bertz CT molecular complexity index is 693. The zero-order valence-electron chi connectivity index (χ0n) is 14.8. The quantitative estimate of drug-likeness (QED) is 0.783. The fourth-order valence-electron chi connectivity index (χ4n) is 3.05. The normalized spacial score (nSPS) is 22.5. The van der Waals surface area contributed by atoms with Crippen molar-refractivity contribution in [2.75, 3.05) is 11.4 Å². The maximum Gasteiger partial charge on any atom is 0.494 e. The van der Waals surface area contributed by atoms with Crippen molar-refractivity contribution in [1.29, 1.82) is 5.26 Å². The van der Waals surface area contributed by atoms with E-state index < -0.39 is 18.3 Å². The van der Waals surface area contributed by atoms with E-state index in [4.69, 9.17) is 9.31 Å². The minimum Gasteiger partial charge on any atom is -0.399 e. The van der Waals surface area contributed by atoms with Crippen LogP contribution in [-0.4, -0.2) is 30.8 Å². The molecule has 2 fully saturated rings. The first-order valence-corrected chi connectivity index (χ1v) is 8.45. The smallest absolute Gasteiger partial charge is 0.399 e. The number of nitriles is 1. The molecule has 1 aromatic carbocycles. The monoisotopic (exact) mass is 326 g/mol. The topological polar surface area (TPSA) is 62.6 Å². The van der Waals surface area contributed by atoms with Crippen LogP contribution in [0.3, 0.4) is 0 Å². The van der Waals surface area contributed by atoms with E-state index in [1.807, 2.05) is 33.8 Å². The molecule has 2 aliphatic heterocycles. The Kier molecular flexibility index (Phi) is 4.19. The zero-order chi connectivity index (χ0) is 17.5. The highest BCUT2D eigenvalue weighted by molar-refractivity contribution is 6.62. The molecule has 2 saturated heterocycles. The number of piperidine rings is 1. The average Bonchev–Trinajstić information content (AvgIpc) is 2.75. The van der Waals surface area contributed by atoms with Gasteiger partial charge in [-0.1, -0.05) is 0 Å². The third-order valence-corrected chi connectivity index (χ3v) is 5.23. The number of hydrogen-bond donors (Lipinski definition) is 0. The summed E-state index contributed by atoms with van der Waals surface area (Å²) >= 11 is 0. The average molecular weight is 326 g/mol. The number of nitrogens with zero attached hydrogens (tertiary/aromatic N) is 2. The van der Waals surface area contributed by atoms with Gasteiger partial charge in [-0.15, -0.1) is 0 Å². The summed E-state index contributed by atoms with van der Waals surface area (Å²) in [5, 5.41) is 9.36. The second kappa shape index (κ2) is 5.91. The molecular formula is C18H23BN2O3. The fourth-order valence-corrected chi connectivity index (χ4v) is 3.05. The molecular weight excluding hydrogens is 303 g/mol. The highest BCUT2D eigenvalue weighted by atomic mass is 16.7. The molecule has 5 nitrogen and oxygen atoms in total. The minimum atomic E-state index is -0.540. The Labute approximate surface area is 143 Å². The van der Waals surface area contributed by atoms with Gasteiger partial charge in [-0.25, -0.2) is 0 Å². The van der Waals surface area contributed by atoms with Crippen molar-refractivity contribution in [3.63, 3.8) is 0 Å². The Balaban J connectivity index is 1.96. The van der Waals surface area contributed by atoms with Crippen LogP contribution in [0.15, 0.2) is 18.2 Å². The summed E-state index contributed by atoms with van der Waals surface area (Å²) in [5.41, 5.74) is 1.16. The lowest BCUT2D eigenvalue weighted by atomic mass is 9.78. The van der Waals surface area contributed by atoms with Crippen LogP contribution < -0.4 is 10.4 Å². The number of rotatable bonds is 2. The predicted molar refractivity (Wildman–Crippen MR) is 93.1 cm³/mol. The number of anilines is 1. The maximum absolute atomic E-state index is 12.2. The first-order chi connectivity index (χ1) is 11.2.